The molecule has 0 saturated heterocycles. The van der Waals surface area contributed by atoms with Crippen LogP contribution in [0.25, 0.3) is 0 Å². The Labute approximate surface area is 622 Å². The molecule has 7 aromatic heterocycles. The fraction of sp³-hybridized carbons (Fsp3) is 0.538. The van der Waals surface area contributed by atoms with Crippen molar-refractivity contribution in [1.82, 2.24) is 73.9 Å². The van der Waals surface area contributed by atoms with E-state index in [2.05, 4.69) is 195 Å². The third kappa shape index (κ3) is 33.2. The lowest BCUT2D eigenvalue weighted by atomic mass is 9.90. The van der Waals surface area contributed by atoms with E-state index in [1.165, 1.54) is 35.2 Å². The van der Waals surface area contributed by atoms with E-state index in [0.717, 1.165) is 116 Å². The molecule has 0 fully saturated rings. The molecule has 9 aromatic rings. The molecule has 0 atom stereocenters. The number of hydrogen-bond donors (Lipinski definition) is 3. The van der Waals surface area contributed by atoms with Gasteiger partial charge in [-0.25, -0.2) is 9.97 Å². The maximum atomic E-state index is 12.5. The van der Waals surface area contributed by atoms with Crippen LogP contribution >= 0.6 is 22.9 Å². The molecule has 0 radical (unpaired) electrons. The smallest absolute Gasteiger partial charge is 0.417 e. The van der Waals surface area contributed by atoms with E-state index in [4.69, 9.17) is 21.0 Å². The molecule has 8 heterocycles. The number of fused-ring (bicyclic) bond motifs is 1. The van der Waals surface area contributed by atoms with Gasteiger partial charge in [0.05, 0.1) is 48.7 Å². The quantitative estimate of drug-likeness (QED) is 0.0544. The van der Waals surface area contributed by atoms with Gasteiger partial charge < -0.3 is 29.5 Å². The highest BCUT2D eigenvalue weighted by Gasteiger charge is 2.34. The number of nitrogens with one attached hydrogen (secondary N) is 3. The lowest BCUT2D eigenvalue weighted by Gasteiger charge is -2.35. The predicted molar refractivity (Wildman–Crippen MR) is 409 cm³/mol. The van der Waals surface area contributed by atoms with Crippen molar-refractivity contribution in [3.8, 4) is 0 Å². The number of aromatic nitrogens is 11. The number of carbonyl (C=O) groups is 1. The third-order valence-electron chi connectivity index (χ3n) is 16.1. The summed E-state index contributed by atoms with van der Waals surface area (Å²) < 4.78 is 75.9. The highest BCUT2D eigenvalue weighted by molar-refractivity contribution is 7.09. The first kappa shape index (κ1) is 87.0. The van der Waals surface area contributed by atoms with Crippen molar-refractivity contribution < 1.29 is 31.2 Å². The highest BCUT2D eigenvalue weighted by Crippen LogP contribution is 2.31. The summed E-state index contributed by atoms with van der Waals surface area (Å²) >= 11 is 7.26. The molecule has 1 aliphatic rings. The zero-order valence-corrected chi connectivity index (χ0v) is 66.0. The van der Waals surface area contributed by atoms with E-state index in [-0.39, 0.29) is 33.5 Å². The van der Waals surface area contributed by atoms with E-state index in [0.29, 0.717) is 31.4 Å². The predicted octanol–water partition coefficient (Wildman–Crippen LogP) is 17.1. The molecule has 0 saturated carbocycles. The van der Waals surface area contributed by atoms with Gasteiger partial charge in [0.2, 0.25) is 5.91 Å². The summed E-state index contributed by atoms with van der Waals surface area (Å²) in [5, 5.41) is 29.6. The maximum Gasteiger partial charge on any atom is 0.417 e. The molecule has 1 aliphatic heterocycles. The van der Waals surface area contributed by atoms with Crippen molar-refractivity contribution in [2.24, 2.45) is 5.41 Å². The van der Waals surface area contributed by atoms with E-state index in [9.17, 15) is 31.5 Å². The number of carbonyl (C=O) groups excluding carboxylic acids is 1. The third-order valence-corrected chi connectivity index (χ3v) is 17.2. The second-order valence-corrected chi connectivity index (χ2v) is 33.2. The number of halogens is 6. The standard InChI is InChI=1S/C20H26N4S.C17H22N2O2.C11H18F2N2.C11H20N4.C10H11ClF3NO.C9H17N3/c1-20(2,3)23(12-13-24-11-7-10-21-24)15-18-16-25-19(22-18)14-17-8-5-4-6-9-17;1-17(2,3)19(12-15-10-7-11-21-15)13-16(20)18-14-8-5-4-6-9-14;1-11(2,3)6-4-5-9-14-7-8-15(9)10(12)13;1-11(2,3)12-7-6-10-14-13-9-5-4-8-15(9)10;1-9(2,3)15-5-6(10(12,13)14)4-7(11)8(15)16;1-9(2,3)10-6-8-12-7-4-5-11-12/h4-11,16H,12-15H2,1-3H3;4-11H,12-13H2,1-3H3,(H,18,20);7-8,10H,4-6H2,1-3H3;12H,4-8H2,1-3H3;4-5H,1-3H3;4-5,7,10H,6,8H2,1-3H3. The summed E-state index contributed by atoms with van der Waals surface area (Å²) in [4.78, 5) is 37.1. The largest absolute Gasteiger partial charge is 0.468 e. The van der Waals surface area contributed by atoms with Crippen molar-refractivity contribution in [3.05, 3.63) is 206 Å². The van der Waals surface area contributed by atoms with Crippen LogP contribution in [0.5, 0.6) is 0 Å². The summed E-state index contributed by atoms with van der Waals surface area (Å²) in [7, 11) is 0. The van der Waals surface area contributed by atoms with Crippen LogP contribution in [0, 0.1) is 5.41 Å². The number of pyridine rings is 1. The van der Waals surface area contributed by atoms with Gasteiger partial charge in [0.1, 0.15) is 28.3 Å². The number of imidazole rings is 1. The number of furan rings is 1. The minimum absolute atomic E-state index is 0.0253. The average molecular weight is 1490 g/mol. The van der Waals surface area contributed by atoms with Crippen molar-refractivity contribution in [2.45, 2.75) is 243 Å². The van der Waals surface area contributed by atoms with E-state index in [1.54, 1.807) is 44.6 Å². The van der Waals surface area contributed by atoms with Crippen molar-refractivity contribution in [2.75, 3.05) is 31.5 Å². The minimum atomic E-state index is -4.51. The minimum Gasteiger partial charge on any atom is -0.468 e. The Bertz CT molecular complexity index is 3910. The molecule has 0 unspecified atom stereocenters. The molecule has 26 heteroatoms. The van der Waals surface area contributed by atoms with Gasteiger partial charge in [0, 0.05) is 141 Å². The van der Waals surface area contributed by atoms with Crippen LogP contribution in [-0.4, -0.2) is 117 Å². The molecule has 0 bridgehead atoms. The number of benzene rings is 2. The number of para-hydroxylation sites is 1. The van der Waals surface area contributed by atoms with Crippen LogP contribution < -0.4 is 21.5 Å². The first-order valence-corrected chi connectivity index (χ1v) is 36.8. The van der Waals surface area contributed by atoms with Gasteiger partial charge in [-0.3, -0.25) is 33.3 Å². The summed E-state index contributed by atoms with van der Waals surface area (Å²) in [5.41, 5.74) is 1.60. The lowest BCUT2D eigenvalue weighted by Crippen LogP contribution is -2.45. The van der Waals surface area contributed by atoms with Crippen LogP contribution in [0.2, 0.25) is 5.02 Å². The summed E-state index contributed by atoms with van der Waals surface area (Å²) in [6, 6.07) is 28.4. The van der Waals surface area contributed by atoms with Gasteiger partial charge in [-0.2, -0.15) is 32.1 Å². The molecular formula is C78H114ClF5N16O3S. The van der Waals surface area contributed by atoms with E-state index >= 15 is 0 Å². The van der Waals surface area contributed by atoms with E-state index in [1.807, 2.05) is 82.6 Å². The molecule has 1 amide bonds. The first-order valence-electron chi connectivity index (χ1n) is 35.5. The normalized spacial score (nSPS) is 12.6. The van der Waals surface area contributed by atoms with Gasteiger partial charge in [-0.15, -0.1) is 21.5 Å². The maximum absolute atomic E-state index is 12.5. The Kier molecular flexibility index (Phi) is 33.6. The summed E-state index contributed by atoms with van der Waals surface area (Å²) in [6.45, 7) is 42.5. The Morgan fingerprint density at radius 1 is 0.702 bits per heavy atom. The zero-order chi connectivity index (χ0) is 77.1. The first-order chi connectivity index (χ1) is 48.5. The number of aryl methyl sites for hydroxylation is 2. The van der Waals surface area contributed by atoms with E-state index < -0.39 is 34.4 Å². The van der Waals surface area contributed by atoms with Gasteiger partial charge >= 0.3 is 12.7 Å². The number of hydrogen-bond acceptors (Lipinski definition) is 14. The van der Waals surface area contributed by atoms with Crippen molar-refractivity contribution in [3.63, 3.8) is 0 Å². The molecule has 19 nitrogen and oxygen atoms in total. The van der Waals surface area contributed by atoms with Crippen LogP contribution in [0.15, 0.2) is 155 Å². The number of alkyl halides is 5. The molecule has 572 valence electrons. The molecule has 104 heavy (non-hydrogen) atoms. The topological polar surface area (TPSA) is 192 Å². The number of nitrogens with zero attached hydrogens (tertiary/aromatic N) is 13. The monoisotopic (exact) mass is 1480 g/mol. The van der Waals surface area contributed by atoms with Crippen molar-refractivity contribution >= 4 is 34.5 Å². The number of rotatable bonds is 22. The average Bonchev–Trinajstić information content (AvgIpc) is 1.26. The van der Waals surface area contributed by atoms with Gasteiger partial charge in [-0.05, 0) is 177 Å². The number of thiazole rings is 1. The van der Waals surface area contributed by atoms with Crippen LogP contribution in [0.4, 0.5) is 27.6 Å². The summed E-state index contributed by atoms with van der Waals surface area (Å²) in [6.07, 6.45) is 15.1. The Hall–Kier alpha value is -7.68. The van der Waals surface area contributed by atoms with Gasteiger partial charge in [0.15, 0.2) is 0 Å². The van der Waals surface area contributed by atoms with Gasteiger partial charge in [-0.1, -0.05) is 80.9 Å². The molecule has 0 aliphatic carbocycles. The molecule has 3 N–H and O–H groups in total. The molecule has 0 spiro atoms. The number of anilines is 1. The van der Waals surface area contributed by atoms with Gasteiger partial charge in [0.25, 0.3) is 5.56 Å². The molecular weight excluding hydrogens is 1370 g/mol. The number of amides is 1. The fourth-order valence-electron chi connectivity index (χ4n) is 10.4. The molecule has 10 rings (SSSR count). The Morgan fingerprint density at radius 3 is 1.87 bits per heavy atom. The molecule has 2 aromatic carbocycles. The fourth-order valence-corrected chi connectivity index (χ4v) is 11.4. The van der Waals surface area contributed by atoms with Crippen LogP contribution in [0.3, 0.4) is 0 Å². The van der Waals surface area contributed by atoms with Crippen LogP contribution in [-0.2, 0) is 74.9 Å². The second kappa shape index (κ2) is 40.2. The Balaban J connectivity index is 0.000000228. The van der Waals surface area contributed by atoms with Crippen LogP contribution in [0.1, 0.15) is 196 Å². The zero-order valence-electron chi connectivity index (χ0n) is 64.5. The second-order valence-electron chi connectivity index (χ2n) is 31.8. The Morgan fingerprint density at radius 2 is 1.32 bits per heavy atom. The summed E-state index contributed by atoms with van der Waals surface area (Å²) in [5.74, 6) is 3.62. The highest BCUT2D eigenvalue weighted by atomic mass is 35.5. The van der Waals surface area contributed by atoms with Crippen molar-refractivity contribution in [1.29, 1.82) is 0 Å². The SMILES string of the molecule is CC(C)(C)CCCc1nccn1C(F)F.CC(C)(C)N(CC(=O)Nc1ccccc1)Cc1ccco1.CC(C)(C)N(CCn1cccn1)Cc1csc(Cc2ccccc2)n1.CC(C)(C)NCCc1nnc2n1CCC2.CC(C)(C)NCCn1cccn1.CC(C)(C)n1cc(C(F)(F)F)cc(Cl)c1=O. The lowest BCUT2D eigenvalue weighted by molar-refractivity contribution is -0.138.